The minimum absolute atomic E-state index is 0.0125. The molecule has 0 saturated heterocycles. The predicted molar refractivity (Wildman–Crippen MR) is 121 cm³/mol. The van der Waals surface area contributed by atoms with Crippen molar-refractivity contribution >= 4 is 29.7 Å². The zero-order chi connectivity index (χ0) is 24.9. The van der Waals surface area contributed by atoms with E-state index in [0.29, 0.717) is 5.75 Å². The van der Waals surface area contributed by atoms with Gasteiger partial charge in [0.2, 0.25) is 11.9 Å². The first-order chi connectivity index (χ1) is 16.1. The Balaban J connectivity index is 1.67. The Morgan fingerprint density at radius 1 is 1.03 bits per heavy atom. The van der Waals surface area contributed by atoms with Crippen LogP contribution >= 0.6 is 11.8 Å². The Kier molecular flexibility index (Phi) is 8.08. The highest BCUT2D eigenvalue weighted by atomic mass is 32.2. The molecule has 2 amide bonds. The molecule has 7 nitrogen and oxygen atoms in total. The van der Waals surface area contributed by atoms with Crippen molar-refractivity contribution in [2.75, 3.05) is 18.6 Å². The van der Waals surface area contributed by atoms with E-state index in [-0.39, 0.29) is 18.9 Å². The summed E-state index contributed by atoms with van der Waals surface area (Å²) in [5, 5.41) is 12.5. The molecule has 2 atom stereocenters. The third-order valence-corrected chi connectivity index (χ3v) is 6.07. The van der Waals surface area contributed by atoms with Crippen LogP contribution in [0.4, 0.5) is 18.0 Å². The standard InChI is InChI=1S/C23H23F3N2O5S/c1-34-11-10-18(20(29)28-19(21(30)31)23(24,25)26)27-22(32)33-12-17-15-8-4-2-6-13(15)14-7-3-5-9-16(14)17/h2-9,17-19H,10-12H2,1H3,(H,27,32)(H,28,29)(H,30,31). The van der Waals surface area contributed by atoms with Crippen molar-refractivity contribution in [3.63, 3.8) is 0 Å². The van der Waals surface area contributed by atoms with Crippen molar-refractivity contribution in [3.05, 3.63) is 59.7 Å². The second kappa shape index (κ2) is 10.8. The zero-order valence-electron chi connectivity index (χ0n) is 18.1. The van der Waals surface area contributed by atoms with Gasteiger partial charge in [0.25, 0.3) is 0 Å². The number of carbonyl (C=O) groups is 3. The quantitative estimate of drug-likeness (QED) is 0.488. The molecule has 1 aliphatic rings. The van der Waals surface area contributed by atoms with Crippen molar-refractivity contribution in [1.82, 2.24) is 10.6 Å². The molecule has 0 heterocycles. The van der Waals surface area contributed by atoms with Gasteiger partial charge in [0.05, 0.1) is 0 Å². The number of alkyl carbamates (subject to hydrolysis) is 1. The topological polar surface area (TPSA) is 105 Å². The normalized spacial score (nSPS) is 14.5. The minimum atomic E-state index is -5.19. The molecule has 0 fully saturated rings. The molecule has 0 spiro atoms. The molecule has 11 heteroatoms. The number of halogens is 3. The van der Waals surface area contributed by atoms with Crippen molar-refractivity contribution in [1.29, 1.82) is 0 Å². The van der Waals surface area contributed by atoms with Crippen LogP contribution in [0.15, 0.2) is 48.5 Å². The lowest BCUT2D eigenvalue weighted by Crippen LogP contribution is -2.56. The van der Waals surface area contributed by atoms with Crippen LogP contribution in [0.3, 0.4) is 0 Å². The summed E-state index contributed by atoms with van der Waals surface area (Å²) < 4.78 is 44.1. The van der Waals surface area contributed by atoms with Gasteiger partial charge in [-0.15, -0.1) is 0 Å². The number of aliphatic carboxylic acids is 1. The average molecular weight is 497 g/mol. The molecule has 0 saturated carbocycles. The fourth-order valence-corrected chi connectivity index (χ4v) is 4.28. The molecule has 34 heavy (non-hydrogen) atoms. The highest BCUT2D eigenvalue weighted by molar-refractivity contribution is 7.98. The average Bonchev–Trinajstić information content (AvgIpc) is 3.11. The number of amides is 2. The van der Waals surface area contributed by atoms with Gasteiger partial charge >= 0.3 is 18.2 Å². The Hall–Kier alpha value is -3.21. The van der Waals surface area contributed by atoms with E-state index in [2.05, 4.69) is 5.32 Å². The largest absolute Gasteiger partial charge is 0.479 e. The summed E-state index contributed by atoms with van der Waals surface area (Å²) >= 11 is 1.31. The highest BCUT2D eigenvalue weighted by Gasteiger charge is 2.47. The van der Waals surface area contributed by atoms with E-state index in [4.69, 9.17) is 9.84 Å². The number of alkyl halides is 3. The van der Waals surface area contributed by atoms with Crippen molar-refractivity contribution in [2.45, 2.75) is 30.6 Å². The van der Waals surface area contributed by atoms with Crippen molar-refractivity contribution in [2.24, 2.45) is 0 Å². The Morgan fingerprint density at radius 3 is 2.09 bits per heavy atom. The zero-order valence-corrected chi connectivity index (χ0v) is 18.9. The maximum absolute atomic E-state index is 12.9. The minimum Gasteiger partial charge on any atom is -0.479 e. The van der Waals surface area contributed by atoms with Crippen LogP contribution in [-0.2, 0) is 14.3 Å². The monoisotopic (exact) mass is 496 g/mol. The summed E-state index contributed by atoms with van der Waals surface area (Å²) in [6.07, 6.45) is -4.46. The molecule has 2 aromatic carbocycles. The molecule has 0 aliphatic heterocycles. The first-order valence-electron chi connectivity index (χ1n) is 10.3. The van der Waals surface area contributed by atoms with Gasteiger partial charge in [-0.1, -0.05) is 48.5 Å². The number of thioether (sulfide) groups is 1. The second-order valence-electron chi connectivity index (χ2n) is 7.63. The van der Waals surface area contributed by atoms with Crippen LogP contribution in [0.2, 0.25) is 0 Å². The Morgan fingerprint density at radius 2 is 1.59 bits per heavy atom. The van der Waals surface area contributed by atoms with E-state index in [1.807, 2.05) is 48.5 Å². The molecule has 0 radical (unpaired) electrons. The molecule has 1 aliphatic carbocycles. The molecule has 2 unspecified atom stereocenters. The lowest BCUT2D eigenvalue weighted by atomic mass is 9.98. The van der Waals surface area contributed by atoms with Gasteiger partial charge in [-0.25, -0.2) is 9.59 Å². The van der Waals surface area contributed by atoms with E-state index in [1.54, 1.807) is 6.26 Å². The fraction of sp³-hybridized carbons (Fsp3) is 0.348. The molecule has 3 N–H and O–H groups in total. The summed E-state index contributed by atoms with van der Waals surface area (Å²) in [6, 6.07) is 10.9. The van der Waals surface area contributed by atoms with E-state index < -0.39 is 36.2 Å². The summed E-state index contributed by atoms with van der Waals surface area (Å²) in [5.74, 6) is -3.40. The Bertz CT molecular complexity index is 1020. The number of ether oxygens (including phenoxy) is 1. The molecule has 3 rings (SSSR count). The van der Waals surface area contributed by atoms with E-state index >= 15 is 0 Å². The van der Waals surface area contributed by atoms with Crippen LogP contribution in [0, 0.1) is 0 Å². The van der Waals surface area contributed by atoms with Crippen LogP contribution < -0.4 is 10.6 Å². The smallest absolute Gasteiger partial charge is 0.419 e. The maximum Gasteiger partial charge on any atom is 0.419 e. The van der Waals surface area contributed by atoms with Gasteiger partial charge in [-0.2, -0.15) is 24.9 Å². The maximum atomic E-state index is 12.9. The van der Waals surface area contributed by atoms with Gasteiger partial charge in [-0.3, -0.25) is 4.79 Å². The number of carboxylic acids is 1. The fourth-order valence-electron chi connectivity index (χ4n) is 3.81. The number of fused-ring (bicyclic) bond motifs is 3. The predicted octanol–water partition coefficient (Wildman–Crippen LogP) is 3.78. The van der Waals surface area contributed by atoms with Crippen molar-refractivity contribution in [3.8, 4) is 11.1 Å². The molecular formula is C23H23F3N2O5S. The van der Waals surface area contributed by atoms with Crippen LogP contribution in [0.5, 0.6) is 0 Å². The lowest BCUT2D eigenvalue weighted by Gasteiger charge is -2.23. The van der Waals surface area contributed by atoms with Crippen LogP contribution in [-0.4, -0.2) is 60.0 Å². The Labute approximate surface area is 198 Å². The van der Waals surface area contributed by atoms with Crippen LogP contribution in [0.1, 0.15) is 23.5 Å². The van der Waals surface area contributed by atoms with E-state index in [9.17, 15) is 27.6 Å². The number of hydrogen-bond donors (Lipinski definition) is 3. The summed E-state index contributed by atoms with van der Waals surface area (Å²) in [4.78, 5) is 35.8. The summed E-state index contributed by atoms with van der Waals surface area (Å²) in [7, 11) is 0. The number of nitrogens with one attached hydrogen (secondary N) is 2. The molecule has 0 bridgehead atoms. The van der Waals surface area contributed by atoms with E-state index in [0.717, 1.165) is 22.3 Å². The number of rotatable bonds is 9. The highest BCUT2D eigenvalue weighted by Crippen LogP contribution is 2.44. The SMILES string of the molecule is CSCCC(NC(=O)OCC1c2ccccc2-c2ccccc21)C(=O)NC(C(=O)O)C(F)(F)F. The summed E-state index contributed by atoms with van der Waals surface area (Å²) in [5.41, 5.74) is 4.00. The number of carboxylic acid groups (broad SMARTS) is 1. The number of benzene rings is 2. The molecule has 2 aromatic rings. The third-order valence-electron chi connectivity index (χ3n) is 5.42. The molecule has 0 aromatic heterocycles. The third kappa shape index (κ3) is 5.82. The lowest BCUT2D eigenvalue weighted by molar-refractivity contribution is -0.182. The first kappa shape index (κ1) is 25.4. The van der Waals surface area contributed by atoms with Gasteiger partial charge in [0.15, 0.2) is 0 Å². The van der Waals surface area contributed by atoms with Gasteiger partial charge in [0.1, 0.15) is 12.6 Å². The van der Waals surface area contributed by atoms with Gasteiger partial charge in [-0.05, 0) is 40.7 Å². The van der Waals surface area contributed by atoms with Gasteiger partial charge in [0, 0.05) is 5.92 Å². The second-order valence-corrected chi connectivity index (χ2v) is 8.61. The van der Waals surface area contributed by atoms with Gasteiger partial charge < -0.3 is 20.5 Å². The van der Waals surface area contributed by atoms with E-state index in [1.165, 1.54) is 17.1 Å². The van der Waals surface area contributed by atoms with Crippen molar-refractivity contribution < 1.29 is 37.4 Å². The number of carbonyl (C=O) groups excluding carboxylic acids is 2. The summed E-state index contributed by atoms with van der Waals surface area (Å²) in [6.45, 7) is -0.0446. The first-order valence-corrected chi connectivity index (χ1v) is 11.7. The van der Waals surface area contributed by atoms with Crippen LogP contribution in [0.25, 0.3) is 11.1 Å². The number of hydrogen-bond acceptors (Lipinski definition) is 5. The molecular weight excluding hydrogens is 473 g/mol. The molecule has 182 valence electrons.